The molecule has 1 nitrogen and oxygen atoms in total. The summed E-state index contributed by atoms with van der Waals surface area (Å²) < 4.78 is 0. The lowest BCUT2D eigenvalue weighted by atomic mass is 11.2. The van der Waals surface area contributed by atoms with Gasteiger partial charge >= 0.3 is 0 Å². The van der Waals surface area contributed by atoms with E-state index in [-0.39, 0.29) is 0 Å². The maximum absolute atomic E-state index is 8.26. The van der Waals surface area contributed by atoms with Gasteiger partial charge in [0.05, 0.1) is 14.3 Å². The smallest absolute Gasteiger partial charge is 0.0726 e. The molecule has 0 unspecified atom stereocenters. The van der Waals surface area contributed by atoms with E-state index in [0.29, 0.717) is 0 Å². The average Bonchev–Trinajstić information content (AvgIpc) is 1.30. The van der Waals surface area contributed by atoms with Crippen LogP contribution in [0, 0.1) is 0 Å². The highest BCUT2D eigenvalue weighted by molar-refractivity contribution is 6.80. The molecule has 0 aliphatic heterocycles. The molecule has 0 atom stereocenters. The van der Waals surface area contributed by atoms with Crippen LogP contribution < -0.4 is 0 Å². The van der Waals surface area contributed by atoms with Crippen molar-refractivity contribution in [2.24, 2.45) is 0 Å². The molecule has 2 heteroatoms. The van der Waals surface area contributed by atoms with Gasteiger partial charge in [0.1, 0.15) is 0 Å². The highest BCUT2D eigenvalue weighted by atomic mass is 28.3. The molecule has 0 spiro atoms. The third-order valence-corrected chi connectivity index (χ3v) is 1.72. The van der Waals surface area contributed by atoms with Gasteiger partial charge in [0, 0.05) is 0 Å². The van der Waals surface area contributed by atoms with Crippen molar-refractivity contribution >= 4 is 8.07 Å². The van der Waals surface area contributed by atoms with E-state index in [9.17, 15) is 0 Å². The van der Waals surface area contributed by atoms with E-state index in [0.717, 1.165) is 6.26 Å². The summed E-state index contributed by atoms with van der Waals surface area (Å²) in [4.78, 5) is 0. The Morgan fingerprint density at radius 2 is 1.71 bits per heavy atom. The van der Waals surface area contributed by atoms with Gasteiger partial charge in [-0.05, 0) is 0 Å². The van der Waals surface area contributed by atoms with E-state index in [4.69, 9.17) is 5.11 Å². The molecule has 1 N–H and O–H groups in total. The van der Waals surface area contributed by atoms with Crippen molar-refractivity contribution in [3.63, 3.8) is 0 Å². The highest BCUT2D eigenvalue weighted by Gasteiger charge is 2.05. The summed E-state index contributed by atoms with van der Waals surface area (Å²) >= 11 is 0. The Bertz CT molecular complexity index is 70.6. The van der Waals surface area contributed by atoms with Crippen LogP contribution in [0.2, 0.25) is 19.6 Å². The van der Waals surface area contributed by atoms with Crippen LogP contribution in [0.1, 0.15) is 0 Å². The van der Waals surface area contributed by atoms with Crippen LogP contribution in [0.4, 0.5) is 0 Å². The van der Waals surface area contributed by atoms with Crippen molar-refractivity contribution in [1.82, 2.24) is 0 Å². The minimum atomic E-state index is -1.09. The molecule has 0 radical (unpaired) electrons. The number of hydrogen-bond donors (Lipinski definition) is 1. The van der Waals surface area contributed by atoms with Crippen molar-refractivity contribution < 1.29 is 5.11 Å². The lowest BCUT2D eigenvalue weighted by Gasteiger charge is -2.05. The van der Waals surface area contributed by atoms with E-state index in [1.807, 2.05) is 5.70 Å². The Balaban J connectivity index is 3.56. The third-order valence-electron chi connectivity index (χ3n) is 0.575. The van der Waals surface area contributed by atoms with Crippen molar-refractivity contribution in [2.45, 2.75) is 19.6 Å². The van der Waals surface area contributed by atoms with E-state index < -0.39 is 8.07 Å². The Morgan fingerprint density at radius 1 is 1.29 bits per heavy atom. The molecule has 0 aromatic carbocycles. The predicted molar refractivity (Wildman–Crippen MR) is 35.1 cm³/mol. The van der Waals surface area contributed by atoms with Gasteiger partial charge in [0.25, 0.3) is 0 Å². The minimum Gasteiger partial charge on any atom is -0.516 e. The monoisotopic (exact) mass is 116 g/mol. The lowest BCUT2D eigenvalue weighted by molar-refractivity contribution is 0.474. The molecule has 0 aliphatic carbocycles. The second-order valence-electron chi connectivity index (χ2n) is 2.68. The van der Waals surface area contributed by atoms with Crippen molar-refractivity contribution in [1.29, 1.82) is 0 Å². The van der Waals surface area contributed by atoms with E-state index >= 15 is 0 Å². The molecule has 0 fully saturated rings. The predicted octanol–water partition coefficient (Wildman–Crippen LogP) is 1.94. The van der Waals surface area contributed by atoms with E-state index in [1.54, 1.807) is 0 Å². The molecule has 0 rings (SSSR count). The molecule has 7 heavy (non-hydrogen) atoms. The van der Waals surface area contributed by atoms with Crippen LogP contribution in [0.25, 0.3) is 0 Å². The molecular weight excluding hydrogens is 104 g/mol. The number of hydrogen-bond acceptors (Lipinski definition) is 1. The van der Waals surface area contributed by atoms with Gasteiger partial charge in [-0.3, -0.25) is 0 Å². The summed E-state index contributed by atoms with van der Waals surface area (Å²) in [7, 11) is -1.09. The third kappa shape index (κ3) is 5.76. The Hall–Kier alpha value is -0.243. The van der Waals surface area contributed by atoms with E-state index in [2.05, 4.69) is 19.6 Å². The van der Waals surface area contributed by atoms with Crippen LogP contribution in [-0.4, -0.2) is 13.2 Å². The van der Waals surface area contributed by atoms with Crippen LogP contribution in [-0.2, 0) is 0 Å². The standard InChI is InChI=1S/C5H12OSi/c1-7(2,3)5-4-6/h4-6H,1-3H3. The maximum Gasteiger partial charge on any atom is 0.0726 e. The summed E-state index contributed by atoms with van der Waals surface area (Å²) in [5.74, 6) is 0. The fourth-order valence-corrected chi connectivity index (χ4v) is 0.671. The quantitative estimate of drug-likeness (QED) is 0.410. The average molecular weight is 116 g/mol. The first kappa shape index (κ1) is 6.76. The molecule has 0 aromatic heterocycles. The first-order valence-electron chi connectivity index (χ1n) is 2.38. The van der Waals surface area contributed by atoms with Gasteiger partial charge in [0.15, 0.2) is 0 Å². The number of aliphatic hydroxyl groups is 1. The van der Waals surface area contributed by atoms with Crippen molar-refractivity contribution in [2.75, 3.05) is 0 Å². The topological polar surface area (TPSA) is 20.2 Å². The largest absolute Gasteiger partial charge is 0.516 e. The molecule has 0 saturated heterocycles. The zero-order valence-corrected chi connectivity index (χ0v) is 6.10. The van der Waals surface area contributed by atoms with Crippen LogP contribution >= 0.6 is 0 Å². The number of rotatable bonds is 1. The zero-order chi connectivity index (χ0) is 5.91. The van der Waals surface area contributed by atoms with Gasteiger partial charge < -0.3 is 5.11 Å². The molecular formula is C5H12OSi. The first-order chi connectivity index (χ1) is 3.06. The van der Waals surface area contributed by atoms with Gasteiger partial charge in [0.2, 0.25) is 0 Å². The molecule has 0 aliphatic rings. The Labute approximate surface area is 45.7 Å². The van der Waals surface area contributed by atoms with Crippen LogP contribution in [0.3, 0.4) is 0 Å². The van der Waals surface area contributed by atoms with Gasteiger partial charge in [-0.15, -0.1) is 0 Å². The SMILES string of the molecule is C[Si](C)(C)C=CO. The van der Waals surface area contributed by atoms with Crippen molar-refractivity contribution in [3.05, 3.63) is 12.0 Å². The van der Waals surface area contributed by atoms with E-state index in [1.165, 1.54) is 0 Å². The van der Waals surface area contributed by atoms with Crippen LogP contribution in [0.15, 0.2) is 12.0 Å². The summed E-state index contributed by atoms with van der Waals surface area (Å²) in [5.41, 5.74) is 1.88. The first-order valence-corrected chi connectivity index (χ1v) is 5.96. The lowest BCUT2D eigenvalue weighted by Crippen LogP contribution is -2.15. The maximum atomic E-state index is 8.26. The Morgan fingerprint density at radius 3 is 1.71 bits per heavy atom. The molecule has 0 aromatic rings. The summed E-state index contributed by atoms with van der Waals surface area (Å²) in [6.45, 7) is 6.50. The van der Waals surface area contributed by atoms with Crippen molar-refractivity contribution in [3.8, 4) is 0 Å². The number of aliphatic hydroxyl groups excluding tert-OH is 1. The second-order valence-corrected chi connectivity index (χ2v) is 7.75. The molecule has 0 saturated carbocycles. The fourth-order valence-electron chi connectivity index (χ4n) is 0.224. The summed E-state index contributed by atoms with van der Waals surface area (Å²) in [6.07, 6.45) is 1.15. The van der Waals surface area contributed by atoms with Crippen LogP contribution in [0.5, 0.6) is 0 Å². The Kier molecular flexibility index (Phi) is 2.09. The highest BCUT2D eigenvalue weighted by Crippen LogP contribution is 1.99. The molecule has 0 amide bonds. The molecule has 0 heterocycles. The van der Waals surface area contributed by atoms with Gasteiger partial charge in [-0.1, -0.05) is 25.3 Å². The van der Waals surface area contributed by atoms with Gasteiger partial charge in [-0.2, -0.15) is 0 Å². The fraction of sp³-hybridized carbons (Fsp3) is 0.600. The summed E-state index contributed by atoms with van der Waals surface area (Å²) in [5, 5.41) is 8.26. The molecule has 42 valence electrons. The molecule has 0 bridgehead atoms. The minimum absolute atomic E-state index is 1.09. The normalized spacial score (nSPS) is 13.0. The second kappa shape index (κ2) is 2.16. The summed E-state index contributed by atoms with van der Waals surface area (Å²) in [6, 6.07) is 0. The zero-order valence-electron chi connectivity index (χ0n) is 5.10. The van der Waals surface area contributed by atoms with Gasteiger partial charge in [-0.25, -0.2) is 0 Å².